The summed E-state index contributed by atoms with van der Waals surface area (Å²) < 4.78 is 22.7. The van der Waals surface area contributed by atoms with Crippen LogP contribution in [0, 0.1) is 5.92 Å². The smallest absolute Gasteiger partial charge is 0.163 e. The molecule has 0 spiro atoms. The van der Waals surface area contributed by atoms with E-state index in [-0.39, 0.29) is 27.6 Å². The molecule has 0 unspecified atom stereocenters. The Bertz CT molecular complexity index is 1270. The van der Waals surface area contributed by atoms with Crippen LogP contribution in [0.1, 0.15) is 47.1 Å². The van der Waals surface area contributed by atoms with Crippen LogP contribution in [0.5, 0.6) is 5.75 Å². The number of halogens is 2. The van der Waals surface area contributed by atoms with Crippen LogP contribution in [0.2, 0.25) is 10.0 Å². The molecule has 0 aliphatic heterocycles. The van der Waals surface area contributed by atoms with Gasteiger partial charge in [0.15, 0.2) is 11.5 Å². The minimum absolute atomic E-state index is 0.117. The quantitative estimate of drug-likeness (QED) is 0.410. The number of rotatable bonds is 6. The van der Waals surface area contributed by atoms with E-state index in [1.807, 2.05) is 6.07 Å². The standard InChI is InChI=1S/C25H28Cl2N4O2/c1-14(32)18-12-28-22-9-8-21(16-10-19(26)25(33)20(27)11-16)30-24(22)23(18)29-17-6-4-15(5-7-17)13-31(2)3/h8-12,15,17,33H,4-7,13H2,1-3H3,(H,28,29)/t15-,17-/i2D3. The molecule has 8 heteroatoms. The highest BCUT2D eigenvalue weighted by Crippen LogP contribution is 2.37. The van der Waals surface area contributed by atoms with Gasteiger partial charge in [-0.2, -0.15) is 0 Å². The zero-order chi connectivity index (χ0) is 26.2. The monoisotopic (exact) mass is 489 g/mol. The first kappa shape index (κ1) is 20.0. The van der Waals surface area contributed by atoms with Gasteiger partial charge < -0.3 is 15.3 Å². The number of hydrogen-bond donors (Lipinski definition) is 2. The number of hydrogen-bond acceptors (Lipinski definition) is 6. The number of nitrogens with one attached hydrogen (secondary N) is 1. The molecule has 1 aliphatic rings. The van der Waals surface area contributed by atoms with Gasteiger partial charge in [-0.25, -0.2) is 4.98 Å². The Balaban J connectivity index is 1.62. The maximum Gasteiger partial charge on any atom is 0.163 e. The number of phenolic OH excluding ortho intramolecular Hbond substituents is 1. The number of Topliss-reactive ketones (excluding diaryl/α,β-unsaturated/α-hetero) is 1. The summed E-state index contributed by atoms with van der Waals surface area (Å²) in [6.07, 6.45) is 5.05. The van der Waals surface area contributed by atoms with Gasteiger partial charge in [0.05, 0.1) is 32.5 Å². The summed E-state index contributed by atoms with van der Waals surface area (Å²) in [5.74, 6) is -0.00195. The third-order valence-electron chi connectivity index (χ3n) is 6.13. The second kappa shape index (κ2) is 9.84. The van der Waals surface area contributed by atoms with Crippen molar-refractivity contribution in [3.63, 3.8) is 0 Å². The van der Waals surface area contributed by atoms with Crippen LogP contribution in [-0.4, -0.2) is 52.4 Å². The highest BCUT2D eigenvalue weighted by atomic mass is 35.5. The second-order valence-electron chi connectivity index (χ2n) is 8.70. The molecular formula is C25H28Cl2N4O2. The molecule has 2 N–H and O–H groups in total. The van der Waals surface area contributed by atoms with Crippen molar-refractivity contribution < 1.29 is 14.0 Å². The van der Waals surface area contributed by atoms with Crippen molar-refractivity contribution in [2.75, 3.05) is 25.9 Å². The van der Waals surface area contributed by atoms with Crippen LogP contribution in [-0.2, 0) is 0 Å². The Morgan fingerprint density at radius 3 is 2.58 bits per heavy atom. The van der Waals surface area contributed by atoms with Crippen LogP contribution in [0.25, 0.3) is 22.3 Å². The molecule has 0 atom stereocenters. The van der Waals surface area contributed by atoms with Crippen LogP contribution >= 0.6 is 23.2 Å². The van der Waals surface area contributed by atoms with Crippen molar-refractivity contribution in [1.82, 2.24) is 14.9 Å². The lowest BCUT2D eigenvalue weighted by Gasteiger charge is -2.31. The minimum atomic E-state index is -2.09. The fraction of sp³-hybridized carbons (Fsp3) is 0.400. The molecule has 1 aliphatic carbocycles. The van der Waals surface area contributed by atoms with Crippen LogP contribution in [0.4, 0.5) is 5.69 Å². The lowest BCUT2D eigenvalue weighted by molar-refractivity contribution is 0.101. The highest BCUT2D eigenvalue weighted by molar-refractivity contribution is 6.37. The third kappa shape index (κ3) is 5.24. The van der Waals surface area contributed by atoms with E-state index in [2.05, 4.69) is 10.3 Å². The predicted molar refractivity (Wildman–Crippen MR) is 135 cm³/mol. The third-order valence-corrected chi connectivity index (χ3v) is 6.71. The van der Waals surface area contributed by atoms with Gasteiger partial charge in [-0.3, -0.25) is 9.78 Å². The minimum Gasteiger partial charge on any atom is -0.505 e. The molecule has 0 amide bonds. The molecule has 4 rings (SSSR count). The van der Waals surface area contributed by atoms with Crippen LogP contribution in [0.3, 0.4) is 0 Å². The molecule has 0 bridgehead atoms. The maximum atomic E-state index is 12.5. The number of carbonyl (C=O) groups excluding carboxylic acids is 1. The summed E-state index contributed by atoms with van der Waals surface area (Å²) >= 11 is 12.2. The molecule has 174 valence electrons. The summed E-state index contributed by atoms with van der Waals surface area (Å²) in [6.45, 7) is -0.0571. The molecule has 33 heavy (non-hydrogen) atoms. The average molecular weight is 490 g/mol. The first-order valence-electron chi connectivity index (χ1n) is 12.4. The SMILES string of the molecule is [2H]C([2H])([2H])N(C)C[C@H]1CC[C@H](Nc2c(C(C)=O)cnc3ccc(-c4cc(Cl)c(O)c(Cl)c4)nc23)CC1. The Morgan fingerprint density at radius 1 is 1.24 bits per heavy atom. The molecule has 1 saturated carbocycles. The Morgan fingerprint density at radius 2 is 1.94 bits per heavy atom. The largest absolute Gasteiger partial charge is 0.505 e. The Hall–Kier alpha value is -2.41. The van der Waals surface area contributed by atoms with Gasteiger partial charge in [0.2, 0.25) is 0 Å². The zero-order valence-corrected chi connectivity index (χ0v) is 20.0. The average Bonchev–Trinajstić information content (AvgIpc) is 2.82. The molecule has 6 nitrogen and oxygen atoms in total. The summed E-state index contributed by atoms with van der Waals surface area (Å²) in [7, 11) is 1.64. The van der Waals surface area contributed by atoms with Crippen molar-refractivity contribution >= 4 is 45.7 Å². The van der Waals surface area contributed by atoms with E-state index in [1.165, 1.54) is 11.8 Å². The number of aromatic hydroxyl groups is 1. The van der Waals surface area contributed by atoms with Crippen molar-refractivity contribution in [2.24, 2.45) is 5.92 Å². The normalized spacial score (nSPS) is 20.3. The van der Waals surface area contributed by atoms with Crippen molar-refractivity contribution in [1.29, 1.82) is 0 Å². The van der Waals surface area contributed by atoms with Crippen molar-refractivity contribution in [3.8, 4) is 17.0 Å². The van der Waals surface area contributed by atoms with E-state index in [0.717, 1.165) is 25.7 Å². The number of aromatic nitrogens is 2. The molecular weight excluding hydrogens is 459 g/mol. The maximum absolute atomic E-state index is 12.5. The lowest BCUT2D eigenvalue weighted by Crippen LogP contribution is -2.31. The zero-order valence-electron chi connectivity index (χ0n) is 21.5. The van der Waals surface area contributed by atoms with E-state index in [4.69, 9.17) is 32.3 Å². The highest BCUT2D eigenvalue weighted by Gasteiger charge is 2.24. The first-order chi connectivity index (χ1) is 16.9. The fourth-order valence-corrected chi connectivity index (χ4v) is 4.92. The number of ketones is 1. The summed E-state index contributed by atoms with van der Waals surface area (Å²) in [4.78, 5) is 23.1. The fourth-order valence-electron chi connectivity index (χ4n) is 4.43. The van der Waals surface area contributed by atoms with E-state index in [9.17, 15) is 9.90 Å². The Labute approximate surface area is 208 Å². The van der Waals surface area contributed by atoms with E-state index >= 15 is 0 Å². The van der Waals surface area contributed by atoms with Gasteiger partial charge in [-0.05, 0) is 76.8 Å². The van der Waals surface area contributed by atoms with E-state index in [0.29, 0.717) is 46.0 Å². The van der Waals surface area contributed by atoms with Gasteiger partial charge in [0.1, 0.15) is 5.52 Å². The summed E-state index contributed by atoms with van der Waals surface area (Å²) in [5, 5.41) is 13.7. The van der Waals surface area contributed by atoms with Gasteiger partial charge in [-0.15, -0.1) is 0 Å². The number of carbonyl (C=O) groups is 1. The van der Waals surface area contributed by atoms with E-state index < -0.39 is 6.98 Å². The van der Waals surface area contributed by atoms with E-state index in [1.54, 1.807) is 31.4 Å². The number of benzene rings is 1. The number of pyridine rings is 2. The topological polar surface area (TPSA) is 78.4 Å². The number of fused-ring (bicyclic) bond motifs is 1. The second-order valence-corrected chi connectivity index (χ2v) is 9.51. The molecule has 0 saturated heterocycles. The molecule has 3 aromatic rings. The van der Waals surface area contributed by atoms with Gasteiger partial charge in [0, 0.05) is 28.5 Å². The first-order valence-corrected chi connectivity index (χ1v) is 11.7. The van der Waals surface area contributed by atoms with Crippen LogP contribution < -0.4 is 5.32 Å². The molecule has 1 fully saturated rings. The lowest BCUT2D eigenvalue weighted by atomic mass is 9.85. The number of nitrogens with zero attached hydrogens (tertiary/aromatic N) is 3. The molecule has 2 aromatic heterocycles. The number of anilines is 1. The molecule has 1 aromatic carbocycles. The van der Waals surface area contributed by atoms with Gasteiger partial charge >= 0.3 is 0 Å². The number of phenols is 1. The van der Waals surface area contributed by atoms with Crippen molar-refractivity contribution in [2.45, 2.75) is 38.6 Å². The Kier molecular flexibility index (Phi) is 5.96. The summed E-state index contributed by atoms with van der Waals surface area (Å²) in [6, 6.07) is 6.90. The predicted octanol–water partition coefficient (Wildman–Crippen LogP) is 6.04. The van der Waals surface area contributed by atoms with Crippen LogP contribution in [0.15, 0.2) is 30.5 Å². The van der Waals surface area contributed by atoms with Gasteiger partial charge in [0.25, 0.3) is 0 Å². The molecule has 0 radical (unpaired) electrons. The molecule has 2 heterocycles. The van der Waals surface area contributed by atoms with Gasteiger partial charge in [-0.1, -0.05) is 23.2 Å². The van der Waals surface area contributed by atoms with Crippen molar-refractivity contribution in [3.05, 3.63) is 46.1 Å². The summed E-state index contributed by atoms with van der Waals surface area (Å²) in [5.41, 5.74) is 3.49.